The monoisotopic (exact) mass is 294 g/mol. The molecule has 106 valence electrons. The number of benzene rings is 1. The normalized spacial score (nSPS) is 11.9. The minimum atomic E-state index is -0.276. The largest absolute Gasteiger partial charge is 0.338 e. The lowest BCUT2D eigenvalue weighted by Crippen LogP contribution is -2.38. The molecule has 0 saturated carbocycles. The summed E-state index contributed by atoms with van der Waals surface area (Å²) in [5.41, 5.74) is 1.58. The second-order valence-corrected chi connectivity index (χ2v) is 4.94. The van der Waals surface area contributed by atoms with Crippen molar-refractivity contribution in [3.8, 4) is 0 Å². The van der Waals surface area contributed by atoms with Crippen molar-refractivity contribution in [2.24, 2.45) is 0 Å². The average Bonchev–Trinajstić information content (AvgIpc) is 2.92. The summed E-state index contributed by atoms with van der Waals surface area (Å²) in [5.74, 6) is -0.267. The maximum atomic E-state index is 13.0. The summed E-state index contributed by atoms with van der Waals surface area (Å²) in [5, 5.41) is 11.2. The van der Waals surface area contributed by atoms with Crippen LogP contribution in [0.3, 0.4) is 0 Å². The summed E-state index contributed by atoms with van der Waals surface area (Å²) in [7, 11) is 0. The van der Waals surface area contributed by atoms with E-state index in [1.54, 1.807) is 11.4 Å². The van der Waals surface area contributed by atoms with E-state index in [0.717, 1.165) is 11.3 Å². The fourth-order valence-electron chi connectivity index (χ4n) is 1.69. The SMILES string of the molecule is CC(NC(=O)NCCc1cccc(F)c1)c1csnn1. The molecule has 0 radical (unpaired) electrons. The Kier molecular flexibility index (Phi) is 5.00. The second-order valence-electron chi connectivity index (χ2n) is 4.33. The zero-order chi connectivity index (χ0) is 14.4. The molecule has 1 aromatic heterocycles. The number of halogens is 1. The summed E-state index contributed by atoms with van der Waals surface area (Å²) in [6.07, 6.45) is 0.581. The van der Waals surface area contributed by atoms with E-state index in [4.69, 9.17) is 0 Å². The van der Waals surface area contributed by atoms with Gasteiger partial charge in [-0.15, -0.1) is 5.10 Å². The van der Waals surface area contributed by atoms with Gasteiger partial charge in [0, 0.05) is 11.9 Å². The third-order valence-corrected chi connectivity index (χ3v) is 3.28. The molecule has 0 saturated heterocycles. The topological polar surface area (TPSA) is 66.9 Å². The van der Waals surface area contributed by atoms with Crippen LogP contribution in [0.1, 0.15) is 24.2 Å². The Labute approximate surface area is 120 Å². The Morgan fingerprint density at radius 3 is 3.05 bits per heavy atom. The van der Waals surface area contributed by atoms with Crippen molar-refractivity contribution in [1.29, 1.82) is 0 Å². The molecule has 20 heavy (non-hydrogen) atoms. The Bertz CT molecular complexity index is 561. The van der Waals surface area contributed by atoms with Gasteiger partial charge in [-0.2, -0.15) is 0 Å². The minimum Gasteiger partial charge on any atom is -0.338 e. The number of nitrogens with one attached hydrogen (secondary N) is 2. The first kappa shape index (κ1) is 14.4. The summed E-state index contributed by atoms with van der Waals surface area (Å²) < 4.78 is 16.7. The highest BCUT2D eigenvalue weighted by Crippen LogP contribution is 2.09. The molecule has 2 aromatic rings. The number of carbonyl (C=O) groups is 1. The summed E-state index contributed by atoms with van der Waals surface area (Å²) in [6.45, 7) is 2.28. The first-order valence-electron chi connectivity index (χ1n) is 6.21. The fraction of sp³-hybridized carbons (Fsp3) is 0.308. The fourth-order valence-corrected chi connectivity index (χ4v) is 2.24. The molecule has 0 aliphatic carbocycles. The lowest BCUT2D eigenvalue weighted by molar-refractivity contribution is 0.238. The molecule has 0 aliphatic heterocycles. The molecule has 1 heterocycles. The third-order valence-electron chi connectivity index (χ3n) is 2.76. The molecule has 0 fully saturated rings. The summed E-state index contributed by atoms with van der Waals surface area (Å²) in [4.78, 5) is 11.7. The van der Waals surface area contributed by atoms with E-state index in [2.05, 4.69) is 20.2 Å². The van der Waals surface area contributed by atoms with E-state index in [1.165, 1.54) is 23.7 Å². The van der Waals surface area contributed by atoms with Crippen LogP contribution in [0.5, 0.6) is 0 Å². The lowest BCUT2D eigenvalue weighted by Gasteiger charge is -2.12. The highest BCUT2D eigenvalue weighted by Gasteiger charge is 2.11. The molecule has 0 bridgehead atoms. The number of urea groups is 1. The number of carbonyl (C=O) groups excluding carboxylic acids is 1. The molecule has 1 atom stereocenters. The van der Waals surface area contributed by atoms with Gasteiger partial charge in [-0.3, -0.25) is 0 Å². The molecule has 1 unspecified atom stereocenters. The predicted molar refractivity (Wildman–Crippen MR) is 75.0 cm³/mol. The van der Waals surface area contributed by atoms with Gasteiger partial charge in [0.05, 0.1) is 11.7 Å². The van der Waals surface area contributed by atoms with Crippen molar-refractivity contribution in [1.82, 2.24) is 20.2 Å². The van der Waals surface area contributed by atoms with E-state index in [1.807, 2.05) is 13.0 Å². The lowest BCUT2D eigenvalue weighted by atomic mass is 10.1. The van der Waals surface area contributed by atoms with Crippen LogP contribution in [-0.2, 0) is 6.42 Å². The Morgan fingerprint density at radius 2 is 2.35 bits per heavy atom. The van der Waals surface area contributed by atoms with E-state index in [-0.39, 0.29) is 17.9 Å². The molecular formula is C13H15FN4OS. The quantitative estimate of drug-likeness (QED) is 0.889. The minimum absolute atomic E-state index is 0.192. The van der Waals surface area contributed by atoms with E-state index < -0.39 is 0 Å². The van der Waals surface area contributed by atoms with Gasteiger partial charge in [-0.05, 0) is 42.6 Å². The zero-order valence-corrected chi connectivity index (χ0v) is 11.8. The van der Waals surface area contributed by atoms with Crippen LogP contribution < -0.4 is 10.6 Å². The van der Waals surface area contributed by atoms with Crippen LogP contribution >= 0.6 is 11.5 Å². The van der Waals surface area contributed by atoms with Gasteiger partial charge in [0.2, 0.25) is 0 Å². The zero-order valence-electron chi connectivity index (χ0n) is 11.0. The molecule has 1 aromatic carbocycles. The van der Waals surface area contributed by atoms with Gasteiger partial charge in [0.15, 0.2) is 0 Å². The van der Waals surface area contributed by atoms with E-state index in [9.17, 15) is 9.18 Å². The molecular weight excluding hydrogens is 279 g/mol. The van der Waals surface area contributed by atoms with Gasteiger partial charge in [0.25, 0.3) is 0 Å². The van der Waals surface area contributed by atoms with Crippen LogP contribution in [0.25, 0.3) is 0 Å². The van der Waals surface area contributed by atoms with Crippen LogP contribution in [-0.4, -0.2) is 22.2 Å². The van der Waals surface area contributed by atoms with Crippen molar-refractivity contribution >= 4 is 17.6 Å². The summed E-state index contributed by atoms with van der Waals surface area (Å²) >= 11 is 1.24. The molecule has 0 spiro atoms. The van der Waals surface area contributed by atoms with E-state index >= 15 is 0 Å². The van der Waals surface area contributed by atoms with Crippen molar-refractivity contribution in [2.45, 2.75) is 19.4 Å². The number of hydrogen-bond acceptors (Lipinski definition) is 4. The first-order valence-corrected chi connectivity index (χ1v) is 7.04. The van der Waals surface area contributed by atoms with Gasteiger partial charge >= 0.3 is 6.03 Å². The third kappa shape index (κ3) is 4.27. The predicted octanol–water partition coefficient (Wildman–Crippen LogP) is 2.28. The highest BCUT2D eigenvalue weighted by atomic mass is 32.1. The van der Waals surface area contributed by atoms with Crippen molar-refractivity contribution in [3.63, 3.8) is 0 Å². The standard InChI is InChI=1S/C13H15FN4OS/c1-9(12-8-20-18-17-12)16-13(19)15-6-5-10-3-2-4-11(14)7-10/h2-4,7-9H,5-6H2,1H3,(H2,15,16,19). The maximum absolute atomic E-state index is 13.0. The number of amides is 2. The number of aromatic nitrogens is 2. The molecule has 2 amide bonds. The highest BCUT2D eigenvalue weighted by molar-refractivity contribution is 7.03. The first-order chi connectivity index (χ1) is 9.65. The molecule has 2 N–H and O–H groups in total. The number of hydrogen-bond donors (Lipinski definition) is 2. The van der Waals surface area contributed by atoms with E-state index in [0.29, 0.717) is 13.0 Å². The smallest absolute Gasteiger partial charge is 0.315 e. The Balaban J connectivity index is 1.73. The van der Waals surface area contributed by atoms with Gasteiger partial charge in [0.1, 0.15) is 5.82 Å². The maximum Gasteiger partial charge on any atom is 0.315 e. The van der Waals surface area contributed by atoms with Crippen molar-refractivity contribution < 1.29 is 9.18 Å². The number of nitrogens with zero attached hydrogens (tertiary/aromatic N) is 2. The average molecular weight is 294 g/mol. The molecule has 2 rings (SSSR count). The van der Waals surface area contributed by atoms with Crippen LogP contribution in [0.2, 0.25) is 0 Å². The Morgan fingerprint density at radius 1 is 1.50 bits per heavy atom. The van der Waals surface area contributed by atoms with Gasteiger partial charge in [-0.25, -0.2) is 9.18 Å². The molecule has 0 aliphatic rings. The Hall–Kier alpha value is -2.02. The second kappa shape index (κ2) is 6.95. The van der Waals surface area contributed by atoms with Crippen molar-refractivity contribution in [2.75, 3.05) is 6.54 Å². The van der Waals surface area contributed by atoms with Crippen molar-refractivity contribution in [3.05, 3.63) is 46.7 Å². The van der Waals surface area contributed by atoms with Crippen LogP contribution in [0, 0.1) is 5.82 Å². The van der Waals surface area contributed by atoms with Gasteiger partial charge in [-0.1, -0.05) is 16.6 Å². The number of rotatable bonds is 5. The van der Waals surface area contributed by atoms with Gasteiger partial charge < -0.3 is 10.6 Å². The van der Waals surface area contributed by atoms with Crippen LogP contribution in [0.15, 0.2) is 29.6 Å². The van der Waals surface area contributed by atoms with Crippen LogP contribution in [0.4, 0.5) is 9.18 Å². The molecule has 5 nitrogen and oxygen atoms in total. The molecule has 7 heteroatoms. The summed E-state index contributed by atoms with van der Waals surface area (Å²) in [6, 6.07) is 5.87.